The average molecular weight is 299 g/mol. The summed E-state index contributed by atoms with van der Waals surface area (Å²) in [5, 5.41) is 17.0. The minimum absolute atomic E-state index is 0.00186. The van der Waals surface area contributed by atoms with Gasteiger partial charge in [0, 0.05) is 6.04 Å². The molecule has 1 aliphatic carbocycles. The van der Waals surface area contributed by atoms with E-state index in [1.54, 1.807) is 6.92 Å². The lowest BCUT2D eigenvalue weighted by atomic mass is 9.93. The Morgan fingerprint density at radius 2 is 1.67 bits per heavy atom. The van der Waals surface area contributed by atoms with Crippen LogP contribution in [0.15, 0.2) is 0 Å². The third kappa shape index (κ3) is 5.61. The number of carboxylic acid groups (broad SMARTS) is 1. The van der Waals surface area contributed by atoms with E-state index in [-0.39, 0.29) is 18.4 Å². The molecule has 0 heterocycles. The van der Waals surface area contributed by atoms with Gasteiger partial charge in [-0.1, -0.05) is 12.8 Å². The van der Waals surface area contributed by atoms with Gasteiger partial charge in [-0.05, 0) is 33.6 Å². The van der Waals surface area contributed by atoms with Crippen molar-refractivity contribution in [3.8, 4) is 0 Å². The van der Waals surface area contributed by atoms with E-state index in [0.29, 0.717) is 12.8 Å². The standard InChI is InChI=1S/C14H25N3O4/c1-9(2)15-12(20)10(3)16-13(21)17-14(8-11(18)19)6-4-5-7-14/h9-10H,4-8H2,1-3H3,(H,15,20)(H,18,19)(H2,16,17,21). The molecule has 7 heteroatoms. The van der Waals surface area contributed by atoms with Gasteiger partial charge in [0.25, 0.3) is 0 Å². The number of hydrogen-bond donors (Lipinski definition) is 4. The first kappa shape index (κ1) is 17.3. The van der Waals surface area contributed by atoms with Crippen LogP contribution >= 0.6 is 0 Å². The highest BCUT2D eigenvalue weighted by molar-refractivity contribution is 5.87. The van der Waals surface area contributed by atoms with Gasteiger partial charge in [0.2, 0.25) is 5.91 Å². The number of amides is 3. The second-order valence-corrected chi connectivity index (χ2v) is 6.04. The number of hydrogen-bond acceptors (Lipinski definition) is 3. The zero-order valence-corrected chi connectivity index (χ0v) is 12.9. The molecule has 1 unspecified atom stereocenters. The zero-order chi connectivity index (χ0) is 16.0. The third-order valence-electron chi connectivity index (χ3n) is 3.60. The van der Waals surface area contributed by atoms with Gasteiger partial charge >= 0.3 is 12.0 Å². The van der Waals surface area contributed by atoms with E-state index < -0.39 is 23.6 Å². The molecule has 21 heavy (non-hydrogen) atoms. The molecular formula is C14H25N3O4. The normalized spacial score (nSPS) is 18.1. The lowest BCUT2D eigenvalue weighted by molar-refractivity contribution is -0.138. The lowest BCUT2D eigenvalue weighted by Crippen LogP contribution is -2.56. The third-order valence-corrected chi connectivity index (χ3v) is 3.60. The van der Waals surface area contributed by atoms with Crippen LogP contribution in [-0.2, 0) is 9.59 Å². The van der Waals surface area contributed by atoms with Gasteiger partial charge in [-0.15, -0.1) is 0 Å². The van der Waals surface area contributed by atoms with Crippen molar-refractivity contribution in [2.24, 2.45) is 0 Å². The first-order valence-electron chi connectivity index (χ1n) is 7.35. The van der Waals surface area contributed by atoms with Gasteiger partial charge in [-0.3, -0.25) is 9.59 Å². The highest BCUT2D eigenvalue weighted by atomic mass is 16.4. The van der Waals surface area contributed by atoms with Crippen molar-refractivity contribution in [3.63, 3.8) is 0 Å². The summed E-state index contributed by atoms with van der Waals surface area (Å²) in [4.78, 5) is 34.7. The second-order valence-electron chi connectivity index (χ2n) is 6.04. The van der Waals surface area contributed by atoms with Crippen LogP contribution in [0.25, 0.3) is 0 Å². The van der Waals surface area contributed by atoms with E-state index in [9.17, 15) is 14.4 Å². The highest BCUT2D eigenvalue weighted by Crippen LogP contribution is 2.32. The molecular weight excluding hydrogens is 274 g/mol. The Morgan fingerprint density at radius 3 is 2.14 bits per heavy atom. The molecule has 1 fully saturated rings. The van der Waals surface area contributed by atoms with Crippen LogP contribution in [0, 0.1) is 0 Å². The Hall–Kier alpha value is -1.79. The minimum Gasteiger partial charge on any atom is -0.481 e. The molecule has 0 bridgehead atoms. The molecule has 4 N–H and O–H groups in total. The SMILES string of the molecule is CC(C)NC(=O)C(C)NC(=O)NC1(CC(=O)O)CCCC1. The van der Waals surface area contributed by atoms with Crippen LogP contribution in [0.1, 0.15) is 52.9 Å². The fraction of sp³-hybridized carbons (Fsp3) is 0.786. The van der Waals surface area contributed by atoms with Crippen LogP contribution in [0.3, 0.4) is 0 Å². The quantitative estimate of drug-likeness (QED) is 0.586. The van der Waals surface area contributed by atoms with Crippen molar-refractivity contribution < 1.29 is 19.5 Å². The molecule has 0 aromatic rings. The summed E-state index contributed by atoms with van der Waals surface area (Å²) in [5.74, 6) is -1.19. The van der Waals surface area contributed by atoms with Crippen LogP contribution in [0.2, 0.25) is 0 Å². The van der Waals surface area contributed by atoms with Gasteiger partial charge < -0.3 is 21.1 Å². The Balaban J connectivity index is 2.54. The van der Waals surface area contributed by atoms with E-state index >= 15 is 0 Å². The molecule has 1 rings (SSSR count). The molecule has 0 aliphatic heterocycles. The number of carbonyl (C=O) groups excluding carboxylic acids is 2. The maximum atomic E-state index is 12.0. The van der Waals surface area contributed by atoms with Gasteiger partial charge in [0.1, 0.15) is 6.04 Å². The van der Waals surface area contributed by atoms with Gasteiger partial charge in [-0.2, -0.15) is 0 Å². The van der Waals surface area contributed by atoms with Crippen LogP contribution in [0.5, 0.6) is 0 Å². The van der Waals surface area contributed by atoms with E-state index in [0.717, 1.165) is 12.8 Å². The molecule has 1 saturated carbocycles. The molecule has 1 atom stereocenters. The summed E-state index contributed by atoms with van der Waals surface area (Å²) in [6, 6.07) is -1.17. The van der Waals surface area contributed by atoms with Crippen molar-refractivity contribution in [2.75, 3.05) is 0 Å². The topological polar surface area (TPSA) is 108 Å². The van der Waals surface area contributed by atoms with Gasteiger partial charge in [0.05, 0.1) is 12.0 Å². The molecule has 3 amide bonds. The smallest absolute Gasteiger partial charge is 0.315 e. The van der Waals surface area contributed by atoms with Crippen LogP contribution in [-0.4, -0.2) is 40.6 Å². The number of nitrogens with one attached hydrogen (secondary N) is 3. The van der Waals surface area contributed by atoms with Crippen molar-refractivity contribution in [3.05, 3.63) is 0 Å². The van der Waals surface area contributed by atoms with Crippen molar-refractivity contribution in [2.45, 2.75) is 70.5 Å². The van der Waals surface area contributed by atoms with Gasteiger partial charge in [0.15, 0.2) is 0 Å². The number of rotatable bonds is 6. The van der Waals surface area contributed by atoms with Crippen molar-refractivity contribution >= 4 is 17.9 Å². The molecule has 120 valence electrons. The average Bonchev–Trinajstić information content (AvgIpc) is 2.74. The van der Waals surface area contributed by atoms with Crippen LogP contribution < -0.4 is 16.0 Å². The first-order valence-corrected chi connectivity index (χ1v) is 7.35. The number of urea groups is 1. The summed E-state index contributed by atoms with van der Waals surface area (Å²) >= 11 is 0. The largest absolute Gasteiger partial charge is 0.481 e. The van der Waals surface area contributed by atoms with E-state index in [1.807, 2.05) is 13.8 Å². The van der Waals surface area contributed by atoms with Gasteiger partial charge in [-0.25, -0.2) is 4.79 Å². The summed E-state index contributed by atoms with van der Waals surface area (Å²) in [6.07, 6.45) is 3.01. The summed E-state index contributed by atoms with van der Waals surface area (Å²) in [6.45, 7) is 5.27. The Labute approximate surface area is 124 Å². The predicted octanol–water partition coefficient (Wildman–Crippen LogP) is 0.986. The van der Waals surface area contributed by atoms with E-state index in [2.05, 4.69) is 16.0 Å². The number of carbonyl (C=O) groups is 3. The van der Waals surface area contributed by atoms with E-state index in [4.69, 9.17) is 5.11 Å². The van der Waals surface area contributed by atoms with Crippen molar-refractivity contribution in [1.29, 1.82) is 0 Å². The maximum Gasteiger partial charge on any atom is 0.315 e. The minimum atomic E-state index is -0.928. The molecule has 1 aliphatic rings. The zero-order valence-electron chi connectivity index (χ0n) is 12.9. The Bertz CT molecular complexity index is 403. The Morgan fingerprint density at radius 1 is 1.10 bits per heavy atom. The Kier molecular flexibility index (Phi) is 5.99. The summed E-state index contributed by atoms with van der Waals surface area (Å²) in [5.41, 5.74) is -0.690. The molecule has 0 saturated heterocycles. The number of aliphatic carboxylic acids is 1. The second kappa shape index (κ2) is 7.28. The molecule has 0 aromatic carbocycles. The molecule has 0 radical (unpaired) electrons. The fourth-order valence-electron chi connectivity index (χ4n) is 2.64. The van der Waals surface area contributed by atoms with E-state index in [1.165, 1.54) is 0 Å². The molecule has 7 nitrogen and oxygen atoms in total. The monoisotopic (exact) mass is 299 g/mol. The first-order chi connectivity index (χ1) is 9.74. The summed E-state index contributed by atoms with van der Waals surface area (Å²) < 4.78 is 0. The highest BCUT2D eigenvalue weighted by Gasteiger charge is 2.37. The molecule has 0 spiro atoms. The van der Waals surface area contributed by atoms with Crippen molar-refractivity contribution in [1.82, 2.24) is 16.0 Å². The maximum absolute atomic E-state index is 12.0. The lowest BCUT2D eigenvalue weighted by Gasteiger charge is -2.29. The number of carboxylic acids is 1. The predicted molar refractivity (Wildman–Crippen MR) is 77.9 cm³/mol. The van der Waals surface area contributed by atoms with Crippen LogP contribution in [0.4, 0.5) is 4.79 Å². The summed E-state index contributed by atoms with van der Waals surface area (Å²) in [7, 11) is 0. The molecule has 0 aromatic heterocycles. The fourth-order valence-corrected chi connectivity index (χ4v) is 2.64.